The van der Waals surface area contributed by atoms with Crippen LogP contribution in [0, 0.1) is 0 Å². The number of para-hydroxylation sites is 2. The zero-order chi connectivity index (χ0) is 16.0. The van der Waals surface area contributed by atoms with E-state index in [0.29, 0.717) is 5.52 Å². The van der Waals surface area contributed by atoms with Crippen LogP contribution in [0.3, 0.4) is 0 Å². The molecule has 0 amide bonds. The SMILES string of the molecule is CC(C)n1c(=O)c2c(N3CCCCC3)ncn2c2ccccc21. The third kappa shape index (κ3) is 2.14. The first kappa shape index (κ1) is 14.3. The van der Waals surface area contributed by atoms with Crippen molar-refractivity contribution in [3.63, 3.8) is 0 Å². The van der Waals surface area contributed by atoms with Crippen LogP contribution in [0.25, 0.3) is 16.6 Å². The fraction of sp³-hybridized carbons (Fsp3) is 0.444. The van der Waals surface area contributed by atoms with Gasteiger partial charge >= 0.3 is 0 Å². The van der Waals surface area contributed by atoms with E-state index in [9.17, 15) is 4.79 Å². The van der Waals surface area contributed by atoms with Crippen LogP contribution in [0.4, 0.5) is 5.82 Å². The number of imidazole rings is 1. The van der Waals surface area contributed by atoms with Crippen LogP contribution >= 0.6 is 0 Å². The van der Waals surface area contributed by atoms with Crippen molar-refractivity contribution in [2.24, 2.45) is 0 Å². The summed E-state index contributed by atoms with van der Waals surface area (Å²) in [5.74, 6) is 0.842. The van der Waals surface area contributed by atoms with E-state index in [4.69, 9.17) is 0 Å². The first-order valence-corrected chi connectivity index (χ1v) is 8.43. The first-order valence-electron chi connectivity index (χ1n) is 8.43. The lowest BCUT2D eigenvalue weighted by Crippen LogP contribution is -2.32. The quantitative estimate of drug-likeness (QED) is 0.730. The molecule has 5 heteroatoms. The average Bonchev–Trinajstić information content (AvgIpc) is 3.01. The molecule has 0 spiro atoms. The molecular weight excluding hydrogens is 288 g/mol. The van der Waals surface area contributed by atoms with E-state index in [1.165, 1.54) is 19.3 Å². The van der Waals surface area contributed by atoms with Crippen LogP contribution in [0.2, 0.25) is 0 Å². The zero-order valence-corrected chi connectivity index (χ0v) is 13.7. The normalized spacial score (nSPS) is 15.9. The molecule has 1 aromatic carbocycles. The van der Waals surface area contributed by atoms with Crippen LogP contribution in [0.15, 0.2) is 35.4 Å². The Morgan fingerprint density at radius 1 is 1.04 bits per heavy atom. The third-order valence-electron chi connectivity index (χ3n) is 4.74. The standard InChI is InChI=1S/C18H22N4O/c1-13(2)22-15-9-5-4-8-14(15)21-12-19-17(16(21)18(22)23)20-10-6-3-7-11-20/h4-5,8-9,12-13H,3,6-7,10-11H2,1-2H3. The summed E-state index contributed by atoms with van der Waals surface area (Å²) < 4.78 is 3.85. The van der Waals surface area contributed by atoms with Crippen molar-refractivity contribution in [1.29, 1.82) is 0 Å². The minimum absolute atomic E-state index is 0.0526. The highest BCUT2D eigenvalue weighted by atomic mass is 16.1. The Bertz CT molecular complexity index is 916. The molecule has 3 aromatic rings. The van der Waals surface area contributed by atoms with Gasteiger partial charge in [0.05, 0.1) is 11.0 Å². The fourth-order valence-corrected chi connectivity index (χ4v) is 3.67. The van der Waals surface area contributed by atoms with Gasteiger partial charge in [-0.25, -0.2) is 4.98 Å². The molecule has 1 aliphatic rings. The van der Waals surface area contributed by atoms with E-state index < -0.39 is 0 Å². The van der Waals surface area contributed by atoms with Crippen molar-refractivity contribution in [1.82, 2.24) is 14.0 Å². The molecule has 23 heavy (non-hydrogen) atoms. The molecule has 120 valence electrons. The van der Waals surface area contributed by atoms with Crippen LogP contribution in [-0.4, -0.2) is 27.0 Å². The zero-order valence-electron chi connectivity index (χ0n) is 13.7. The Hall–Kier alpha value is -2.30. The smallest absolute Gasteiger partial charge is 0.279 e. The van der Waals surface area contributed by atoms with E-state index in [2.05, 4.69) is 29.8 Å². The fourth-order valence-electron chi connectivity index (χ4n) is 3.67. The highest BCUT2D eigenvalue weighted by Gasteiger charge is 2.21. The van der Waals surface area contributed by atoms with E-state index in [1.54, 1.807) is 6.33 Å². The van der Waals surface area contributed by atoms with Crippen LogP contribution in [-0.2, 0) is 0 Å². The van der Waals surface area contributed by atoms with Gasteiger partial charge in [-0.2, -0.15) is 0 Å². The summed E-state index contributed by atoms with van der Waals surface area (Å²) in [5.41, 5.74) is 2.75. The van der Waals surface area contributed by atoms with Gasteiger partial charge in [0, 0.05) is 19.1 Å². The second-order valence-corrected chi connectivity index (χ2v) is 6.59. The molecule has 0 radical (unpaired) electrons. The largest absolute Gasteiger partial charge is 0.355 e. The molecular formula is C18H22N4O. The Kier molecular flexibility index (Phi) is 3.36. The highest BCUT2D eigenvalue weighted by Crippen LogP contribution is 2.25. The van der Waals surface area contributed by atoms with Gasteiger partial charge < -0.3 is 9.47 Å². The first-order chi connectivity index (χ1) is 11.2. The predicted molar refractivity (Wildman–Crippen MR) is 93.4 cm³/mol. The third-order valence-corrected chi connectivity index (χ3v) is 4.74. The molecule has 4 rings (SSSR count). The molecule has 0 atom stereocenters. The molecule has 0 bridgehead atoms. The van der Waals surface area contributed by atoms with Gasteiger partial charge in [0.2, 0.25) is 0 Å². The lowest BCUT2D eigenvalue weighted by atomic mass is 10.1. The van der Waals surface area contributed by atoms with Crippen molar-refractivity contribution >= 4 is 22.4 Å². The van der Waals surface area contributed by atoms with Crippen LogP contribution in [0.1, 0.15) is 39.2 Å². The molecule has 1 aliphatic heterocycles. The molecule has 0 saturated carbocycles. The average molecular weight is 310 g/mol. The monoisotopic (exact) mass is 310 g/mol. The van der Waals surface area contributed by atoms with E-state index in [1.807, 2.05) is 27.2 Å². The molecule has 5 nitrogen and oxygen atoms in total. The van der Waals surface area contributed by atoms with Crippen molar-refractivity contribution in [3.8, 4) is 0 Å². The number of aromatic nitrogens is 3. The summed E-state index contributed by atoms with van der Waals surface area (Å²) in [6.07, 6.45) is 5.41. The summed E-state index contributed by atoms with van der Waals surface area (Å²) in [4.78, 5) is 20.1. The lowest BCUT2D eigenvalue weighted by Gasteiger charge is -2.27. The summed E-state index contributed by atoms with van der Waals surface area (Å²) >= 11 is 0. The summed E-state index contributed by atoms with van der Waals surface area (Å²) in [7, 11) is 0. The molecule has 1 saturated heterocycles. The van der Waals surface area contributed by atoms with Gasteiger partial charge in [0.15, 0.2) is 11.3 Å². The summed E-state index contributed by atoms with van der Waals surface area (Å²) in [6.45, 7) is 6.09. The van der Waals surface area contributed by atoms with Gasteiger partial charge in [0.25, 0.3) is 5.56 Å². The second-order valence-electron chi connectivity index (χ2n) is 6.59. The minimum atomic E-state index is 0.0526. The molecule has 0 aliphatic carbocycles. The van der Waals surface area contributed by atoms with Gasteiger partial charge in [0.1, 0.15) is 6.33 Å². The lowest BCUT2D eigenvalue weighted by molar-refractivity contribution is 0.574. The van der Waals surface area contributed by atoms with E-state index >= 15 is 0 Å². The number of hydrogen-bond acceptors (Lipinski definition) is 3. The molecule has 0 N–H and O–H groups in total. The van der Waals surface area contributed by atoms with E-state index in [-0.39, 0.29) is 11.6 Å². The number of hydrogen-bond donors (Lipinski definition) is 0. The van der Waals surface area contributed by atoms with E-state index in [0.717, 1.165) is 29.9 Å². The maximum absolute atomic E-state index is 13.2. The number of nitrogens with zero attached hydrogens (tertiary/aromatic N) is 4. The maximum atomic E-state index is 13.2. The van der Waals surface area contributed by atoms with Crippen LogP contribution < -0.4 is 10.5 Å². The Balaban J connectivity index is 2.07. The Labute approximate surface area is 135 Å². The van der Waals surface area contributed by atoms with Crippen molar-refractivity contribution < 1.29 is 0 Å². The summed E-state index contributed by atoms with van der Waals surface area (Å²) in [5, 5.41) is 0. The topological polar surface area (TPSA) is 42.5 Å². The van der Waals surface area contributed by atoms with Gasteiger partial charge in [-0.1, -0.05) is 12.1 Å². The molecule has 2 aromatic heterocycles. The maximum Gasteiger partial charge on any atom is 0.279 e. The molecule has 1 fully saturated rings. The Morgan fingerprint density at radius 2 is 1.74 bits per heavy atom. The number of rotatable bonds is 2. The molecule has 0 unspecified atom stereocenters. The van der Waals surface area contributed by atoms with Gasteiger partial charge in [-0.3, -0.25) is 9.20 Å². The number of benzene rings is 1. The van der Waals surface area contributed by atoms with Crippen LogP contribution in [0.5, 0.6) is 0 Å². The second kappa shape index (κ2) is 5.41. The predicted octanol–water partition coefficient (Wildman–Crippen LogP) is 3.22. The highest BCUT2D eigenvalue weighted by molar-refractivity contribution is 5.83. The minimum Gasteiger partial charge on any atom is -0.355 e. The molecule has 3 heterocycles. The van der Waals surface area contributed by atoms with Crippen molar-refractivity contribution in [2.75, 3.05) is 18.0 Å². The van der Waals surface area contributed by atoms with Gasteiger partial charge in [-0.15, -0.1) is 0 Å². The number of anilines is 1. The van der Waals surface area contributed by atoms with Crippen molar-refractivity contribution in [2.45, 2.75) is 39.2 Å². The summed E-state index contributed by atoms with van der Waals surface area (Å²) in [6, 6.07) is 8.17. The van der Waals surface area contributed by atoms with Gasteiger partial charge in [-0.05, 0) is 45.2 Å². The Morgan fingerprint density at radius 3 is 2.43 bits per heavy atom. The number of fused-ring (bicyclic) bond motifs is 3. The van der Waals surface area contributed by atoms with Crippen molar-refractivity contribution in [3.05, 3.63) is 40.9 Å². The number of piperidine rings is 1.